The zero-order valence-electron chi connectivity index (χ0n) is 16.1. The molecule has 0 fully saturated rings. The molecule has 0 saturated carbocycles. The minimum atomic E-state index is 0.943. The summed E-state index contributed by atoms with van der Waals surface area (Å²) in [5, 5.41) is 7.09. The van der Waals surface area contributed by atoms with Crippen molar-refractivity contribution in [2.45, 2.75) is 33.7 Å². The number of nitrogens with zero attached hydrogens (tertiary/aromatic N) is 2. The second kappa shape index (κ2) is 8.19. The third-order valence-corrected chi connectivity index (χ3v) is 4.84. The van der Waals surface area contributed by atoms with Crippen LogP contribution in [0.1, 0.15) is 28.1 Å². The first-order valence-electron chi connectivity index (χ1n) is 9.16. The summed E-state index contributed by atoms with van der Waals surface area (Å²) in [6, 6.07) is 16.7. The Labute approximate surface area is 155 Å². The molecule has 0 spiro atoms. The molecule has 2 N–H and O–H groups in total. The van der Waals surface area contributed by atoms with E-state index in [0.717, 1.165) is 36.6 Å². The molecule has 4 nitrogen and oxygen atoms in total. The molecular formula is C22H28N3O+. The summed E-state index contributed by atoms with van der Waals surface area (Å²) in [4.78, 5) is 0. The predicted octanol–water partition coefficient (Wildman–Crippen LogP) is 3.11. The standard InChI is InChI=1S/C22H27N3O/c1-16-10-11-22(26-4)19(14-16)12-13-23-15-21-17(2)24-25(18(21)3)20-8-6-5-7-9-20/h5-11,14,23H,12-13,15H2,1-4H3/p+1. The molecule has 2 aromatic carbocycles. The van der Waals surface area contributed by atoms with Gasteiger partial charge in [-0.2, -0.15) is 5.10 Å². The van der Waals surface area contributed by atoms with Crippen LogP contribution >= 0.6 is 0 Å². The first-order chi connectivity index (χ1) is 12.6. The number of rotatable bonds is 7. The summed E-state index contributed by atoms with van der Waals surface area (Å²) in [5.41, 5.74) is 7.32. The first kappa shape index (κ1) is 18.2. The fraction of sp³-hybridized carbons (Fsp3) is 0.318. The molecule has 3 aromatic rings. The summed E-state index contributed by atoms with van der Waals surface area (Å²) in [7, 11) is 1.74. The van der Waals surface area contributed by atoms with Crippen LogP contribution in [0.5, 0.6) is 5.75 Å². The average molecular weight is 350 g/mol. The van der Waals surface area contributed by atoms with Gasteiger partial charge in [-0.05, 0) is 44.5 Å². The van der Waals surface area contributed by atoms with E-state index < -0.39 is 0 Å². The second-order valence-corrected chi connectivity index (χ2v) is 6.74. The number of quaternary nitrogens is 1. The van der Waals surface area contributed by atoms with E-state index in [9.17, 15) is 0 Å². The number of aromatic nitrogens is 2. The number of ether oxygens (including phenoxy) is 1. The SMILES string of the molecule is COc1ccc(C)cc1CC[NH2+]Cc1c(C)nn(-c2ccccc2)c1C. The van der Waals surface area contributed by atoms with Gasteiger partial charge < -0.3 is 10.1 Å². The molecule has 0 bridgehead atoms. The third-order valence-electron chi connectivity index (χ3n) is 4.84. The van der Waals surface area contributed by atoms with Gasteiger partial charge in [0.1, 0.15) is 12.3 Å². The highest BCUT2D eigenvalue weighted by Crippen LogP contribution is 2.20. The van der Waals surface area contributed by atoms with Crippen LogP contribution in [0.15, 0.2) is 48.5 Å². The zero-order chi connectivity index (χ0) is 18.5. The molecule has 26 heavy (non-hydrogen) atoms. The number of aryl methyl sites for hydroxylation is 2. The molecule has 1 heterocycles. The Hall–Kier alpha value is -2.59. The largest absolute Gasteiger partial charge is 0.496 e. The van der Waals surface area contributed by atoms with E-state index in [1.807, 2.05) is 22.9 Å². The summed E-state index contributed by atoms with van der Waals surface area (Å²) in [6.07, 6.45) is 0.996. The monoisotopic (exact) mass is 350 g/mol. The Kier molecular flexibility index (Phi) is 5.74. The highest BCUT2D eigenvalue weighted by Gasteiger charge is 2.14. The van der Waals surface area contributed by atoms with E-state index >= 15 is 0 Å². The van der Waals surface area contributed by atoms with Gasteiger partial charge in [-0.1, -0.05) is 35.9 Å². The lowest BCUT2D eigenvalue weighted by molar-refractivity contribution is -0.670. The van der Waals surface area contributed by atoms with Crippen LogP contribution in [0.4, 0.5) is 0 Å². The van der Waals surface area contributed by atoms with Crippen molar-refractivity contribution in [3.05, 3.63) is 76.6 Å². The maximum atomic E-state index is 5.48. The lowest BCUT2D eigenvalue weighted by Gasteiger charge is -2.09. The second-order valence-electron chi connectivity index (χ2n) is 6.74. The minimum Gasteiger partial charge on any atom is -0.496 e. The molecule has 136 valence electrons. The third kappa shape index (κ3) is 3.97. The smallest absolute Gasteiger partial charge is 0.122 e. The van der Waals surface area contributed by atoms with E-state index in [4.69, 9.17) is 9.84 Å². The molecule has 0 atom stereocenters. The van der Waals surface area contributed by atoms with Crippen LogP contribution in [-0.4, -0.2) is 23.4 Å². The number of para-hydroxylation sites is 1. The van der Waals surface area contributed by atoms with Gasteiger partial charge in [-0.25, -0.2) is 4.68 Å². The van der Waals surface area contributed by atoms with Crippen molar-refractivity contribution < 1.29 is 10.1 Å². The number of nitrogens with two attached hydrogens (primary N) is 1. The number of methoxy groups -OCH3 is 1. The van der Waals surface area contributed by atoms with Gasteiger partial charge in [0.2, 0.25) is 0 Å². The maximum absolute atomic E-state index is 5.48. The molecule has 0 aliphatic heterocycles. The van der Waals surface area contributed by atoms with Crippen LogP contribution in [0.25, 0.3) is 5.69 Å². The summed E-state index contributed by atoms with van der Waals surface area (Å²) < 4.78 is 7.52. The summed E-state index contributed by atoms with van der Waals surface area (Å²) >= 11 is 0. The van der Waals surface area contributed by atoms with Gasteiger partial charge in [-0.3, -0.25) is 0 Å². The van der Waals surface area contributed by atoms with Gasteiger partial charge in [0, 0.05) is 6.42 Å². The van der Waals surface area contributed by atoms with Gasteiger partial charge in [0.05, 0.1) is 36.3 Å². The van der Waals surface area contributed by atoms with Crippen LogP contribution in [0.3, 0.4) is 0 Å². The van der Waals surface area contributed by atoms with E-state index in [0.29, 0.717) is 0 Å². The van der Waals surface area contributed by atoms with E-state index in [-0.39, 0.29) is 0 Å². The van der Waals surface area contributed by atoms with Gasteiger partial charge in [0.15, 0.2) is 0 Å². The predicted molar refractivity (Wildman–Crippen MR) is 105 cm³/mol. The number of hydrogen-bond acceptors (Lipinski definition) is 2. The maximum Gasteiger partial charge on any atom is 0.122 e. The molecule has 4 heteroatoms. The lowest BCUT2D eigenvalue weighted by atomic mass is 10.1. The molecule has 0 unspecified atom stereocenters. The summed E-state index contributed by atoms with van der Waals surface area (Å²) in [6.45, 7) is 8.34. The molecular weight excluding hydrogens is 322 g/mol. The fourth-order valence-electron chi connectivity index (χ4n) is 3.40. The first-order valence-corrected chi connectivity index (χ1v) is 9.16. The number of benzene rings is 2. The molecule has 1 aromatic heterocycles. The van der Waals surface area contributed by atoms with Crippen molar-refractivity contribution in [2.24, 2.45) is 0 Å². The van der Waals surface area contributed by atoms with E-state index in [2.05, 4.69) is 56.4 Å². The van der Waals surface area contributed by atoms with Crippen molar-refractivity contribution in [3.63, 3.8) is 0 Å². The van der Waals surface area contributed by atoms with E-state index in [1.54, 1.807) is 7.11 Å². The highest BCUT2D eigenvalue weighted by atomic mass is 16.5. The van der Waals surface area contributed by atoms with Gasteiger partial charge in [-0.15, -0.1) is 0 Å². The topological polar surface area (TPSA) is 43.7 Å². The van der Waals surface area contributed by atoms with Crippen LogP contribution in [0, 0.1) is 20.8 Å². The van der Waals surface area contributed by atoms with Gasteiger partial charge >= 0.3 is 0 Å². The van der Waals surface area contributed by atoms with E-state index in [1.165, 1.54) is 22.4 Å². The lowest BCUT2D eigenvalue weighted by Crippen LogP contribution is -2.83. The Morgan fingerprint density at radius 1 is 1.04 bits per heavy atom. The Balaban J connectivity index is 1.64. The minimum absolute atomic E-state index is 0.943. The van der Waals surface area contributed by atoms with Crippen molar-refractivity contribution >= 4 is 0 Å². The zero-order valence-corrected chi connectivity index (χ0v) is 16.1. The molecule has 0 saturated heterocycles. The fourth-order valence-corrected chi connectivity index (χ4v) is 3.40. The van der Waals surface area contributed by atoms with Gasteiger partial charge in [0.25, 0.3) is 0 Å². The Bertz CT molecular complexity index is 869. The summed E-state index contributed by atoms with van der Waals surface area (Å²) in [5.74, 6) is 0.980. The van der Waals surface area contributed by atoms with Crippen molar-refractivity contribution in [3.8, 4) is 11.4 Å². The molecule has 0 aliphatic rings. The average Bonchev–Trinajstić information content (AvgIpc) is 2.94. The molecule has 0 aliphatic carbocycles. The van der Waals surface area contributed by atoms with Crippen molar-refractivity contribution in [1.82, 2.24) is 9.78 Å². The van der Waals surface area contributed by atoms with Crippen molar-refractivity contribution in [1.29, 1.82) is 0 Å². The Morgan fingerprint density at radius 2 is 1.81 bits per heavy atom. The quantitative estimate of drug-likeness (QED) is 0.666. The molecule has 0 amide bonds. The Morgan fingerprint density at radius 3 is 2.54 bits per heavy atom. The molecule has 3 rings (SSSR count). The normalized spacial score (nSPS) is 10.9. The van der Waals surface area contributed by atoms with Crippen LogP contribution < -0.4 is 10.1 Å². The van der Waals surface area contributed by atoms with Crippen molar-refractivity contribution in [2.75, 3.05) is 13.7 Å². The van der Waals surface area contributed by atoms with Crippen LogP contribution in [0.2, 0.25) is 0 Å². The highest BCUT2D eigenvalue weighted by molar-refractivity contribution is 5.37. The van der Waals surface area contributed by atoms with Crippen LogP contribution in [-0.2, 0) is 13.0 Å². The molecule has 0 radical (unpaired) electrons. The number of hydrogen-bond donors (Lipinski definition) is 1.